The Kier molecular flexibility index (Phi) is 3.85. The van der Waals surface area contributed by atoms with Crippen LogP contribution in [0.2, 0.25) is 0 Å². The molecule has 0 aliphatic rings. The summed E-state index contributed by atoms with van der Waals surface area (Å²) in [5.74, 6) is -0.332. The Bertz CT molecular complexity index is 879. The Morgan fingerprint density at radius 2 is 1.57 bits per heavy atom. The normalized spacial score (nSPS) is 10.5. The molecule has 0 spiro atoms. The van der Waals surface area contributed by atoms with E-state index in [2.05, 4.69) is 15.6 Å². The van der Waals surface area contributed by atoms with Gasteiger partial charge in [-0.25, -0.2) is 0 Å². The Balaban J connectivity index is 1.76. The van der Waals surface area contributed by atoms with Crippen LogP contribution in [-0.2, 0) is 4.79 Å². The van der Waals surface area contributed by atoms with Gasteiger partial charge in [-0.3, -0.25) is 9.59 Å². The van der Waals surface area contributed by atoms with E-state index in [4.69, 9.17) is 0 Å². The summed E-state index contributed by atoms with van der Waals surface area (Å²) in [7, 11) is 0. The minimum absolute atomic E-state index is 0.129. The number of anilines is 2. The number of hydrogen-bond donors (Lipinski definition) is 3. The number of aromatic nitrogens is 1. The lowest BCUT2D eigenvalue weighted by atomic mass is 10.2. The number of hydrogen-bond acceptors (Lipinski definition) is 2. The van der Waals surface area contributed by atoms with E-state index < -0.39 is 0 Å². The minimum atomic E-state index is -0.203. The van der Waals surface area contributed by atoms with E-state index in [1.165, 1.54) is 6.92 Å². The van der Waals surface area contributed by atoms with Gasteiger partial charge in [-0.2, -0.15) is 0 Å². The van der Waals surface area contributed by atoms with E-state index in [9.17, 15) is 9.59 Å². The molecule has 3 rings (SSSR count). The average Bonchev–Trinajstić information content (AvgIpc) is 2.92. The fourth-order valence-electron chi connectivity index (χ4n) is 2.40. The van der Waals surface area contributed by atoms with Gasteiger partial charge in [0.25, 0.3) is 5.91 Å². The number of aryl methyl sites for hydroxylation is 1. The van der Waals surface area contributed by atoms with Crippen LogP contribution in [0.25, 0.3) is 10.9 Å². The molecule has 0 aliphatic heterocycles. The molecule has 0 unspecified atom stereocenters. The number of aromatic amines is 1. The topological polar surface area (TPSA) is 74.0 Å². The number of carbonyl (C=O) groups excluding carboxylic acids is 2. The van der Waals surface area contributed by atoms with Crippen LogP contribution in [0.15, 0.2) is 48.5 Å². The maximum absolute atomic E-state index is 12.3. The van der Waals surface area contributed by atoms with Crippen molar-refractivity contribution in [1.82, 2.24) is 4.98 Å². The molecule has 5 nitrogen and oxygen atoms in total. The van der Waals surface area contributed by atoms with Gasteiger partial charge in [0, 0.05) is 29.2 Å². The van der Waals surface area contributed by atoms with Gasteiger partial charge in [0.1, 0.15) is 5.69 Å². The highest BCUT2D eigenvalue weighted by atomic mass is 16.2. The monoisotopic (exact) mass is 307 g/mol. The van der Waals surface area contributed by atoms with E-state index in [1.54, 1.807) is 24.3 Å². The van der Waals surface area contributed by atoms with Crippen LogP contribution < -0.4 is 10.6 Å². The first-order valence-electron chi connectivity index (χ1n) is 7.29. The van der Waals surface area contributed by atoms with Crippen molar-refractivity contribution in [3.8, 4) is 0 Å². The molecule has 3 aromatic rings. The Morgan fingerprint density at radius 1 is 0.913 bits per heavy atom. The second-order valence-corrected chi connectivity index (χ2v) is 5.49. The van der Waals surface area contributed by atoms with Gasteiger partial charge < -0.3 is 15.6 Å². The van der Waals surface area contributed by atoms with E-state index >= 15 is 0 Å². The summed E-state index contributed by atoms with van der Waals surface area (Å²) < 4.78 is 0. The van der Waals surface area contributed by atoms with E-state index in [-0.39, 0.29) is 11.8 Å². The first kappa shape index (κ1) is 14.8. The lowest BCUT2D eigenvalue weighted by Gasteiger charge is -2.06. The van der Waals surface area contributed by atoms with Gasteiger partial charge in [-0.05, 0) is 48.9 Å². The molecule has 3 N–H and O–H groups in total. The number of benzene rings is 2. The van der Waals surface area contributed by atoms with Crippen LogP contribution in [0, 0.1) is 6.92 Å². The molecule has 2 amide bonds. The molecule has 0 fully saturated rings. The number of fused-ring (bicyclic) bond motifs is 1. The molecule has 0 bridgehead atoms. The van der Waals surface area contributed by atoms with Crippen LogP contribution in [0.4, 0.5) is 11.4 Å². The van der Waals surface area contributed by atoms with E-state index in [0.29, 0.717) is 17.1 Å². The summed E-state index contributed by atoms with van der Waals surface area (Å²) in [6.07, 6.45) is 0. The number of carbonyl (C=O) groups is 2. The second-order valence-electron chi connectivity index (χ2n) is 5.49. The molecule has 23 heavy (non-hydrogen) atoms. The molecule has 0 radical (unpaired) electrons. The third-order valence-electron chi connectivity index (χ3n) is 3.49. The van der Waals surface area contributed by atoms with Crippen LogP contribution in [-0.4, -0.2) is 16.8 Å². The number of nitrogens with one attached hydrogen (secondary N) is 3. The first-order valence-corrected chi connectivity index (χ1v) is 7.29. The quantitative estimate of drug-likeness (QED) is 0.690. The van der Waals surface area contributed by atoms with Crippen LogP contribution in [0.5, 0.6) is 0 Å². The summed E-state index contributed by atoms with van der Waals surface area (Å²) in [5.41, 5.74) is 3.95. The lowest BCUT2D eigenvalue weighted by Crippen LogP contribution is -2.12. The molecule has 1 heterocycles. The molecule has 0 saturated heterocycles. The summed E-state index contributed by atoms with van der Waals surface area (Å²) in [6, 6.07) is 14.8. The minimum Gasteiger partial charge on any atom is -0.351 e. The molecule has 5 heteroatoms. The van der Waals surface area contributed by atoms with Crippen molar-refractivity contribution in [2.75, 3.05) is 10.6 Å². The standard InChI is InChI=1S/C18H17N3O2/c1-11-3-4-13-10-17(21-16(13)9-11)18(23)20-15-7-5-14(6-8-15)19-12(2)22/h3-10,21H,1-2H3,(H,19,22)(H,20,23). The SMILES string of the molecule is CC(=O)Nc1ccc(NC(=O)c2cc3ccc(C)cc3[nH]2)cc1. The predicted molar refractivity (Wildman–Crippen MR) is 91.7 cm³/mol. The molecular weight excluding hydrogens is 290 g/mol. The predicted octanol–water partition coefficient (Wildman–Crippen LogP) is 3.69. The van der Waals surface area contributed by atoms with Gasteiger partial charge in [0.05, 0.1) is 0 Å². The fourth-order valence-corrected chi connectivity index (χ4v) is 2.40. The highest BCUT2D eigenvalue weighted by Gasteiger charge is 2.10. The highest BCUT2D eigenvalue weighted by molar-refractivity contribution is 6.06. The Hall–Kier alpha value is -3.08. The van der Waals surface area contributed by atoms with E-state index in [1.807, 2.05) is 31.2 Å². The number of rotatable bonds is 3. The van der Waals surface area contributed by atoms with Crippen molar-refractivity contribution < 1.29 is 9.59 Å². The summed E-state index contributed by atoms with van der Waals surface area (Å²) in [4.78, 5) is 26.4. The van der Waals surface area contributed by atoms with Crippen molar-refractivity contribution >= 4 is 34.1 Å². The number of H-pyrrole nitrogens is 1. The zero-order valence-electron chi connectivity index (χ0n) is 12.9. The van der Waals surface area contributed by atoms with Gasteiger partial charge in [0.2, 0.25) is 5.91 Å². The molecule has 2 aromatic carbocycles. The Morgan fingerprint density at radius 3 is 2.22 bits per heavy atom. The summed E-state index contributed by atoms with van der Waals surface area (Å²) in [6.45, 7) is 3.46. The van der Waals surface area contributed by atoms with Gasteiger partial charge in [-0.15, -0.1) is 0 Å². The molecule has 0 aliphatic carbocycles. The summed E-state index contributed by atoms with van der Waals surface area (Å²) >= 11 is 0. The molecule has 116 valence electrons. The zero-order chi connectivity index (χ0) is 16.4. The lowest BCUT2D eigenvalue weighted by molar-refractivity contribution is -0.114. The van der Waals surface area contributed by atoms with Crippen molar-refractivity contribution in [3.63, 3.8) is 0 Å². The van der Waals surface area contributed by atoms with Gasteiger partial charge in [-0.1, -0.05) is 12.1 Å². The largest absolute Gasteiger partial charge is 0.351 e. The van der Waals surface area contributed by atoms with Gasteiger partial charge in [0.15, 0.2) is 0 Å². The average molecular weight is 307 g/mol. The van der Waals surface area contributed by atoms with Crippen LogP contribution >= 0.6 is 0 Å². The maximum atomic E-state index is 12.3. The van der Waals surface area contributed by atoms with Crippen LogP contribution in [0.3, 0.4) is 0 Å². The summed E-state index contributed by atoms with van der Waals surface area (Å²) in [5, 5.41) is 6.52. The molecule has 0 saturated carbocycles. The third-order valence-corrected chi connectivity index (χ3v) is 3.49. The van der Waals surface area contributed by atoms with Crippen molar-refractivity contribution in [2.24, 2.45) is 0 Å². The van der Waals surface area contributed by atoms with Crippen LogP contribution in [0.1, 0.15) is 23.0 Å². The van der Waals surface area contributed by atoms with E-state index in [0.717, 1.165) is 16.5 Å². The van der Waals surface area contributed by atoms with Gasteiger partial charge >= 0.3 is 0 Å². The second kappa shape index (κ2) is 5.96. The highest BCUT2D eigenvalue weighted by Crippen LogP contribution is 2.19. The molecule has 1 aromatic heterocycles. The molecule has 0 atom stereocenters. The maximum Gasteiger partial charge on any atom is 0.272 e. The third kappa shape index (κ3) is 3.40. The molecular formula is C18H17N3O2. The van der Waals surface area contributed by atoms with Crippen molar-refractivity contribution in [1.29, 1.82) is 0 Å². The number of amides is 2. The smallest absolute Gasteiger partial charge is 0.272 e. The first-order chi connectivity index (χ1) is 11.0. The Labute approximate surface area is 133 Å². The fraction of sp³-hybridized carbons (Fsp3) is 0.111. The van der Waals surface area contributed by atoms with Crippen molar-refractivity contribution in [3.05, 3.63) is 59.8 Å². The zero-order valence-corrected chi connectivity index (χ0v) is 12.9. The van der Waals surface area contributed by atoms with Crippen molar-refractivity contribution in [2.45, 2.75) is 13.8 Å².